The summed E-state index contributed by atoms with van der Waals surface area (Å²) in [5.41, 5.74) is 5.91. The van der Waals surface area contributed by atoms with Gasteiger partial charge in [0.1, 0.15) is 5.75 Å². The Morgan fingerprint density at radius 3 is 2.84 bits per heavy atom. The summed E-state index contributed by atoms with van der Waals surface area (Å²) in [6.07, 6.45) is 13.2. The summed E-state index contributed by atoms with van der Waals surface area (Å²) in [4.78, 5) is 24.9. The minimum atomic E-state index is -0.931. The molecule has 0 saturated heterocycles. The minimum absolute atomic E-state index is 0.148. The summed E-state index contributed by atoms with van der Waals surface area (Å²) in [6.45, 7) is 0.521. The summed E-state index contributed by atoms with van der Waals surface area (Å²) >= 11 is 0. The van der Waals surface area contributed by atoms with Crippen molar-refractivity contribution in [1.82, 2.24) is 24.7 Å². The van der Waals surface area contributed by atoms with Gasteiger partial charge in [-0.25, -0.2) is 4.98 Å². The van der Waals surface area contributed by atoms with Crippen molar-refractivity contribution in [3.63, 3.8) is 0 Å². The van der Waals surface area contributed by atoms with Gasteiger partial charge in [0.2, 0.25) is 0 Å². The average Bonchev–Trinajstić information content (AvgIpc) is 3.62. The zero-order valence-corrected chi connectivity index (χ0v) is 20.8. The third-order valence-electron chi connectivity index (χ3n) is 6.95. The Bertz CT molecular complexity index is 1580. The fourth-order valence-corrected chi connectivity index (χ4v) is 5.05. The van der Waals surface area contributed by atoms with Crippen molar-refractivity contribution in [2.75, 3.05) is 6.61 Å². The third kappa shape index (κ3) is 5.00. The molecule has 9 nitrogen and oxygen atoms in total. The normalized spacial score (nSPS) is 13.8. The number of rotatable bonds is 9. The molecule has 0 radical (unpaired) electrons. The Morgan fingerprint density at radius 2 is 1.97 bits per heavy atom. The van der Waals surface area contributed by atoms with E-state index in [2.05, 4.69) is 27.2 Å². The fraction of sp³-hybridized carbons (Fsp3) is 0.276. The predicted octanol–water partition coefficient (Wildman–Crippen LogP) is 5.05. The van der Waals surface area contributed by atoms with Crippen LogP contribution in [0.25, 0.3) is 22.2 Å². The lowest BCUT2D eigenvalue weighted by Crippen LogP contribution is -2.16. The van der Waals surface area contributed by atoms with Crippen LogP contribution in [-0.2, 0) is 24.1 Å². The topological polar surface area (TPSA) is 116 Å². The first-order valence-electron chi connectivity index (χ1n) is 12.8. The van der Waals surface area contributed by atoms with Crippen LogP contribution in [0.1, 0.15) is 47.8 Å². The molecule has 1 aliphatic carbocycles. The Balaban J connectivity index is 1.20. The van der Waals surface area contributed by atoms with Crippen molar-refractivity contribution < 1.29 is 19.1 Å². The van der Waals surface area contributed by atoms with Gasteiger partial charge in [-0.1, -0.05) is 6.07 Å². The smallest absolute Gasteiger partial charge is 0.305 e. The molecule has 0 fully saturated rings. The van der Waals surface area contributed by atoms with E-state index < -0.39 is 12.0 Å². The van der Waals surface area contributed by atoms with Crippen molar-refractivity contribution in [2.24, 2.45) is 0 Å². The Labute approximate surface area is 219 Å². The molecule has 1 atom stereocenters. The maximum atomic E-state index is 11.8. The maximum Gasteiger partial charge on any atom is 0.305 e. The van der Waals surface area contributed by atoms with E-state index in [9.17, 15) is 9.90 Å². The van der Waals surface area contributed by atoms with E-state index >= 15 is 0 Å². The molecule has 1 unspecified atom stereocenters. The molecule has 1 N–H and O–H groups in total. The average molecular weight is 510 g/mol. The van der Waals surface area contributed by atoms with Crippen LogP contribution < -0.4 is 4.74 Å². The number of carboxylic acid groups (broad SMARTS) is 1. The number of hydrogen-bond acceptors (Lipinski definition) is 7. The van der Waals surface area contributed by atoms with Crippen molar-refractivity contribution >= 4 is 16.9 Å². The van der Waals surface area contributed by atoms with Crippen molar-refractivity contribution in [2.45, 2.75) is 44.6 Å². The first-order chi connectivity index (χ1) is 18.6. The number of aromatic nitrogens is 5. The molecular formula is C29H27N5O4. The van der Waals surface area contributed by atoms with Crippen molar-refractivity contribution in [1.29, 1.82) is 0 Å². The van der Waals surface area contributed by atoms with Crippen LogP contribution in [0.5, 0.6) is 5.75 Å². The lowest BCUT2D eigenvalue weighted by molar-refractivity contribution is -0.137. The minimum Gasteiger partial charge on any atom is -0.493 e. The molecule has 9 heteroatoms. The molecular weight excluding hydrogens is 482 g/mol. The molecule has 1 aliphatic rings. The third-order valence-corrected chi connectivity index (χ3v) is 6.95. The number of fused-ring (bicyclic) bond motifs is 2. The van der Waals surface area contributed by atoms with Crippen LogP contribution in [0.4, 0.5) is 0 Å². The van der Waals surface area contributed by atoms with E-state index in [-0.39, 0.29) is 6.42 Å². The molecule has 0 bridgehead atoms. The molecule has 0 spiro atoms. The summed E-state index contributed by atoms with van der Waals surface area (Å²) < 4.78 is 13.2. The number of ether oxygens (including phenoxy) is 1. The number of aryl methyl sites for hydroxylation is 2. The highest BCUT2D eigenvalue weighted by Gasteiger charge is 2.22. The Morgan fingerprint density at radius 1 is 1.05 bits per heavy atom. The summed E-state index contributed by atoms with van der Waals surface area (Å²) in [5, 5.41) is 15.1. The van der Waals surface area contributed by atoms with Gasteiger partial charge < -0.3 is 14.3 Å². The van der Waals surface area contributed by atoms with Gasteiger partial charge in [-0.05, 0) is 67.1 Å². The SMILES string of the molecule is O=C(O)CC(c1cncc(-c2cnco2)c1)n1ncc2cc(OCCc3ccc4c(n3)CCCC4)ccc21. The van der Waals surface area contributed by atoms with Gasteiger partial charge in [-0.15, -0.1) is 0 Å². The van der Waals surface area contributed by atoms with Crippen molar-refractivity contribution in [3.05, 3.63) is 90.1 Å². The van der Waals surface area contributed by atoms with Crippen LogP contribution in [0.15, 0.2) is 72.0 Å². The summed E-state index contributed by atoms with van der Waals surface area (Å²) in [5.74, 6) is 0.365. The van der Waals surface area contributed by atoms with Crippen LogP contribution in [-0.4, -0.2) is 42.4 Å². The van der Waals surface area contributed by atoms with Crippen molar-refractivity contribution in [3.8, 4) is 17.1 Å². The summed E-state index contributed by atoms with van der Waals surface area (Å²) in [6, 6.07) is 11.4. The van der Waals surface area contributed by atoms with Crippen LogP contribution in [0, 0.1) is 0 Å². The zero-order valence-electron chi connectivity index (χ0n) is 20.8. The number of hydrogen-bond donors (Lipinski definition) is 1. The van der Waals surface area contributed by atoms with Gasteiger partial charge in [0.15, 0.2) is 12.2 Å². The monoisotopic (exact) mass is 509 g/mol. The van der Waals surface area contributed by atoms with Crippen LogP contribution in [0.2, 0.25) is 0 Å². The number of benzene rings is 1. The largest absolute Gasteiger partial charge is 0.493 e. The van der Waals surface area contributed by atoms with E-state index in [1.54, 1.807) is 29.5 Å². The maximum absolute atomic E-state index is 11.8. The van der Waals surface area contributed by atoms with Gasteiger partial charge in [-0.3, -0.25) is 19.4 Å². The number of carboxylic acids is 1. The molecule has 0 aliphatic heterocycles. The molecule has 192 valence electrons. The number of oxazole rings is 1. The Hall–Kier alpha value is -4.53. The molecule has 6 rings (SSSR count). The quantitative estimate of drug-likeness (QED) is 0.294. The molecule has 0 amide bonds. The number of pyridine rings is 2. The molecule has 4 aromatic heterocycles. The number of nitrogens with zero attached hydrogens (tertiary/aromatic N) is 5. The highest BCUT2D eigenvalue weighted by atomic mass is 16.5. The van der Waals surface area contributed by atoms with Gasteiger partial charge in [0.25, 0.3) is 0 Å². The second-order valence-corrected chi connectivity index (χ2v) is 9.51. The van der Waals surface area contributed by atoms with Gasteiger partial charge >= 0.3 is 5.97 Å². The molecule has 38 heavy (non-hydrogen) atoms. The fourth-order valence-electron chi connectivity index (χ4n) is 5.05. The second-order valence-electron chi connectivity index (χ2n) is 9.51. The molecule has 5 aromatic rings. The predicted molar refractivity (Wildman–Crippen MR) is 140 cm³/mol. The van der Waals surface area contributed by atoms with Crippen LogP contribution in [0.3, 0.4) is 0 Å². The second kappa shape index (κ2) is 10.5. The molecule has 0 saturated carbocycles. The van der Waals surface area contributed by atoms with Gasteiger partial charge in [0.05, 0.1) is 37.0 Å². The first-order valence-corrected chi connectivity index (χ1v) is 12.8. The number of carbonyl (C=O) groups is 1. The molecule has 1 aromatic carbocycles. The van der Waals surface area contributed by atoms with E-state index in [1.807, 2.05) is 24.3 Å². The van der Waals surface area contributed by atoms with Crippen LogP contribution >= 0.6 is 0 Å². The lowest BCUT2D eigenvalue weighted by Gasteiger charge is -2.18. The first kappa shape index (κ1) is 23.8. The van der Waals surface area contributed by atoms with Gasteiger partial charge in [-0.2, -0.15) is 5.10 Å². The van der Waals surface area contributed by atoms with E-state index in [4.69, 9.17) is 14.1 Å². The highest BCUT2D eigenvalue weighted by Crippen LogP contribution is 2.30. The lowest BCUT2D eigenvalue weighted by atomic mass is 9.96. The number of aliphatic carboxylic acids is 1. The molecule has 4 heterocycles. The highest BCUT2D eigenvalue weighted by molar-refractivity contribution is 5.81. The summed E-state index contributed by atoms with van der Waals surface area (Å²) in [7, 11) is 0. The van der Waals surface area contributed by atoms with E-state index in [1.165, 1.54) is 30.5 Å². The Kier molecular flexibility index (Phi) is 6.56. The van der Waals surface area contributed by atoms with E-state index in [0.29, 0.717) is 17.9 Å². The van der Waals surface area contributed by atoms with E-state index in [0.717, 1.165) is 47.2 Å². The zero-order chi connectivity index (χ0) is 25.9. The van der Waals surface area contributed by atoms with Gasteiger partial charge in [0, 0.05) is 41.2 Å². The standard InChI is InChI=1S/C29H27N5O4/c35-29(36)13-27(20-11-22(15-30-14-20)28-17-31-18-38-28)34-26-8-7-24(12-21(26)16-32-34)37-10-9-23-6-5-19-3-1-2-4-25(19)33-23/h5-8,11-12,14-18,27H,1-4,9-10,13H2,(H,35,36).